The summed E-state index contributed by atoms with van der Waals surface area (Å²) in [5.41, 5.74) is 4.41. The van der Waals surface area contributed by atoms with Gasteiger partial charge in [-0.15, -0.1) is 0 Å². The number of fused-ring (bicyclic) bond motifs is 2. The van der Waals surface area contributed by atoms with Crippen molar-refractivity contribution in [1.82, 2.24) is 19.9 Å². The van der Waals surface area contributed by atoms with Gasteiger partial charge in [-0.05, 0) is 48.9 Å². The van der Waals surface area contributed by atoms with Crippen LogP contribution in [-0.2, 0) is 0 Å². The van der Waals surface area contributed by atoms with Crippen LogP contribution in [0.3, 0.4) is 0 Å². The first-order valence-corrected chi connectivity index (χ1v) is 11.3. The predicted octanol–water partition coefficient (Wildman–Crippen LogP) is 4.88. The standard InChI is InChI=1S/C27H22N6O2/c1-2-14-33(27(35)25-17-29-21-11-4-6-13-23(21)32-25)19-9-7-8-18(15-19)30-26(34)24-16-28-20-10-3-5-12-22(20)31-24/h3-13,15-17H,2,14H2,1H3,(H,30,34). The van der Waals surface area contributed by atoms with Gasteiger partial charge in [-0.3, -0.25) is 19.6 Å². The Labute approximate surface area is 201 Å². The van der Waals surface area contributed by atoms with Crippen LogP contribution in [0.2, 0.25) is 0 Å². The minimum atomic E-state index is -0.380. The molecule has 172 valence electrons. The van der Waals surface area contributed by atoms with E-state index in [0.29, 0.717) is 29.0 Å². The van der Waals surface area contributed by atoms with E-state index in [2.05, 4.69) is 25.3 Å². The van der Waals surface area contributed by atoms with Gasteiger partial charge in [-0.2, -0.15) is 0 Å². The average molecular weight is 463 g/mol. The molecule has 8 nitrogen and oxygen atoms in total. The van der Waals surface area contributed by atoms with Crippen molar-refractivity contribution in [2.75, 3.05) is 16.8 Å². The van der Waals surface area contributed by atoms with Crippen LogP contribution in [0.1, 0.15) is 34.3 Å². The number of nitrogens with one attached hydrogen (secondary N) is 1. The highest BCUT2D eigenvalue weighted by Crippen LogP contribution is 2.23. The lowest BCUT2D eigenvalue weighted by Crippen LogP contribution is -2.32. The molecule has 0 atom stereocenters. The summed E-state index contributed by atoms with van der Waals surface area (Å²) in [5, 5.41) is 2.86. The zero-order valence-electron chi connectivity index (χ0n) is 19.0. The van der Waals surface area contributed by atoms with Gasteiger partial charge < -0.3 is 10.2 Å². The Balaban J connectivity index is 1.40. The van der Waals surface area contributed by atoms with Crippen LogP contribution in [0.25, 0.3) is 22.1 Å². The maximum absolute atomic E-state index is 13.4. The number of aromatic nitrogens is 4. The third kappa shape index (κ3) is 4.67. The van der Waals surface area contributed by atoms with Crippen molar-refractivity contribution in [1.29, 1.82) is 0 Å². The first-order valence-electron chi connectivity index (χ1n) is 11.3. The summed E-state index contributed by atoms with van der Waals surface area (Å²) in [7, 11) is 0. The van der Waals surface area contributed by atoms with Gasteiger partial charge in [0.2, 0.25) is 0 Å². The summed E-state index contributed by atoms with van der Waals surface area (Å²) in [6.07, 6.45) is 3.69. The molecule has 5 rings (SSSR count). The molecule has 0 spiro atoms. The van der Waals surface area contributed by atoms with Crippen LogP contribution in [0.4, 0.5) is 11.4 Å². The zero-order chi connectivity index (χ0) is 24.2. The Morgan fingerprint density at radius 3 is 2.03 bits per heavy atom. The topological polar surface area (TPSA) is 101 Å². The minimum Gasteiger partial charge on any atom is -0.321 e. The van der Waals surface area contributed by atoms with Crippen molar-refractivity contribution in [3.63, 3.8) is 0 Å². The Morgan fingerprint density at radius 1 is 0.771 bits per heavy atom. The van der Waals surface area contributed by atoms with E-state index in [-0.39, 0.29) is 23.2 Å². The first kappa shape index (κ1) is 22.1. The quantitative estimate of drug-likeness (QED) is 0.386. The molecule has 0 fully saturated rings. The van der Waals surface area contributed by atoms with Crippen LogP contribution in [0.15, 0.2) is 85.2 Å². The molecule has 2 heterocycles. The number of hydrogen-bond donors (Lipinski definition) is 1. The smallest absolute Gasteiger partial charge is 0.278 e. The van der Waals surface area contributed by atoms with Gasteiger partial charge in [-0.25, -0.2) is 9.97 Å². The van der Waals surface area contributed by atoms with Crippen LogP contribution in [-0.4, -0.2) is 38.3 Å². The molecule has 2 aromatic heterocycles. The molecular formula is C27H22N6O2. The maximum atomic E-state index is 13.4. The SMILES string of the molecule is CCCN(C(=O)c1cnc2ccccc2n1)c1cccc(NC(=O)c2cnc3ccccc3n2)c1. The van der Waals surface area contributed by atoms with Crippen molar-refractivity contribution in [2.45, 2.75) is 13.3 Å². The summed E-state index contributed by atoms with van der Waals surface area (Å²) < 4.78 is 0. The molecule has 35 heavy (non-hydrogen) atoms. The van der Waals surface area contributed by atoms with E-state index in [4.69, 9.17) is 0 Å². The van der Waals surface area contributed by atoms with Crippen molar-refractivity contribution >= 4 is 45.3 Å². The molecule has 8 heteroatoms. The van der Waals surface area contributed by atoms with Gasteiger partial charge >= 0.3 is 0 Å². The second-order valence-electron chi connectivity index (χ2n) is 7.95. The highest BCUT2D eigenvalue weighted by atomic mass is 16.2. The first-order chi connectivity index (χ1) is 17.1. The third-order valence-corrected chi connectivity index (χ3v) is 5.46. The summed E-state index contributed by atoms with van der Waals surface area (Å²) in [4.78, 5) is 45.4. The fourth-order valence-electron chi connectivity index (χ4n) is 3.78. The fourth-order valence-corrected chi connectivity index (χ4v) is 3.78. The number of benzene rings is 3. The van der Waals surface area contributed by atoms with Gasteiger partial charge in [0.15, 0.2) is 0 Å². The van der Waals surface area contributed by atoms with Gasteiger partial charge in [0.25, 0.3) is 11.8 Å². The van der Waals surface area contributed by atoms with Crippen molar-refractivity contribution in [3.8, 4) is 0 Å². The molecule has 0 bridgehead atoms. The van der Waals surface area contributed by atoms with Gasteiger partial charge in [0, 0.05) is 17.9 Å². The molecule has 0 radical (unpaired) electrons. The number of hydrogen-bond acceptors (Lipinski definition) is 6. The van der Waals surface area contributed by atoms with E-state index < -0.39 is 0 Å². The Hall–Kier alpha value is -4.72. The highest BCUT2D eigenvalue weighted by molar-refractivity contribution is 6.07. The molecule has 0 aliphatic heterocycles. The van der Waals surface area contributed by atoms with Crippen LogP contribution in [0, 0.1) is 0 Å². The third-order valence-electron chi connectivity index (χ3n) is 5.46. The number of amides is 2. The molecule has 1 N–H and O–H groups in total. The normalized spacial score (nSPS) is 10.9. The van der Waals surface area contributed by atoms with Crippen LogP contribution >= 0.6 is 0 Å². The lowest BCUT2D eigenvalue weighted by atomic mass is 10.2. The van der Waals surface area contributed by atoms with Crippen molar-refractivity contribution in [2.24, 2.45) is 0 Å². The van der Waals surface area contributed by atoms with E-state index in [1.807, 2.05) is 61.5 Å². The number of rotatable bonds is 6. The van der Waals surface area contributed by atoms with Crippen molar-refractivity contribution < 1.29 is 9.59 Å². The number of carbonyl (C=O) groups is 2. The van der Waals surface area contributed by atoms with Crippen molar-refractivity contribution in [3.05, 3.63) is 96.6 Å². The lowest BCUT2D eigenvalue weighted by molar-refractivity contribution is 0.0981. The van der Waals surface area contributed by atoms with Gasteiger partial charge in [0.05, 0.1) is 34.5 Å². The molecule has 0 aliphatic carbocycles. The largest absolute Gasteiger partial charge is 0.321 e. The van der Waals surface area contributed by atoms with Gasteiger partial charge in [0.1, 0.15) is 11.4 Å². The summed E-state index contributed by atoms with van der Waals surface area (Å²) in [6.45, 7) is 2.48. The maximum Gasteiger partial charge on any atom is 0.278 e. The summed E-state index contributed by atoms with van der Waals surface area (Å²) >= 11 is 0. The highest BCUT2D eigenvalue weighted by Gasteiger charge is 2.20. The Bertz CT molecular complexity index is 1550. The predicted molar refractivity (Wildman–Crippen MR) is 135 cm³/mol. The summed E-state index contributed by atoms with van der Waals surface area (Å²) in [5.74, 6) is -0.636. The number of anilines is 2. The van der Waals surface area contributed by atoms with E-state index in [9.17, 15) is 9.59 Å². The molecule has 5 aromatic rings. The average Bonchev–Trinajstić information content (AvgIpc) is 2.91. The molecule has 0 unspecified atom stereocenters. The van der Waals surface area contributed by atoms with E-state index in [1.165, 1.54) is 12.4 Å². The van der Waals surface area contributed by atoms with E-state index in [0.717, 1.165) is 17.5 Å². The Kier molecular flexibility index (Phi) is 6.09. The molecule has 3 aromatic carbocycles. The Morgan fingerprint density at radius 2 is 1.37 bits per heavy atom. The molecule has 0 aliphatic rings. The molecule has 0 saturated heterocycles. The lowest BCUT2D eigenvalue weighted by Gasteiger charge is -2.22. The molecule has 0 saturated carbocycles. The zero-order valence-corrected chi connectivity index (χ0v) is 19.0. The fraction of sp³-hybridized carbons (Fsp3) is 0.111. The monoisotopic (exact) mass is 462 g/mol. The molecular weight excluding hydrogens is 440 g/mol. The van der Waals surface area contributed by atoms with Crippen LogP contribution in [0.5, 0.6) is 0 Å². The van der Waals surface area contributed by atoms with Crippen LogP contribution < -0.4 is 10.2 Å². The van der Waals surface area contributed by atoms with E-state index in [1.54, 1.807) is 23.1 Å². The second kappa shape index (κ2) is 9.64. The number of para-hydroxylation sites is 4. The second-order valence-corrected chi connectivity index (χ2v) is 7.95. The van der Waals surface area contributed by atoms with E-state index >= 15 is 0 Å². The number of carbonyl (C=O) groups excluding carboxylic acids is 2. The van der Waals surface area contributed by atoms with Gasteiger partial charge in [-0.1, -0.05) is 37.3 Å². The number of nitrogens with zero attached hydrogens (tertiary/aromatic N) is 5. The summed E-state index contributed by atoms with van der Waals surface area (Å²) in [6, 6.07) is 21.9. The minimum absolute atomic E-state index is 0.210. The molecule has 2 amide bonds.